The number of hydrogen-bond donors (Lipinski definition) is 2. The van der Waals surface area contributed by atoms with E-state index in [0.717, 1.165) is 21.7 Å². The van der Waals surface area contributed by atoms with Gasteiger partial charge in [-0.1, -0.05) is 40.9 Å². The van der Waals surface area contributed by atoms with Gasteiger partial charge < -0.3 is 5.32 Å². The Morgan fingerprint density at radius 1 is 0.806 bits per heavy atom. The van der Waals surface area contributed by atoms with Crippen molar-refractivity contribution in [3.8, 4) is 0 Å². The van der Waals surface area contributed by atoms with Gasteiger partial charge in [0.25, 0.3) is 10.0 Å². The summed E-state index contributed by atoms with van der Waals surface area (Å²) in [7, 11) is -7.78. The fourth-order valence-electron chi connectivity index (χ4n) is 3.15. The molecule has 0 saturated carbocycles. The van der Waals surface area contributed by atoms with Gasteiger partial charge in [-0.3, -0.25) is 13.8 Å². The number of aryl methyl sites for hydroxylation is 2. The van der Waals surface area contributed by atoms with E-state index in [4.69, 9.17) is 34.8 Å². The Kier molecular flexibility index (Phi) is 8.47. The predicted octanol–water partition coefficient (Wildman–Crippen LogP) is 5.47. The molecule has 0 atom stereocenters. The van der Waals surface area contributed by atoms with E-state index >= 15 is 0 Å². The van der Waals surface area contributed by atoms with Gasteiger partial charge in [-0.15, -0.1) is 0 Å². The van der Waals surface area contributed by atoms with Gasteiger partial charge in [-0.25, -0.2) is 16.8 Å². The molecule has 0 aliphatic heterocycles. The highest BCUT2D eigenvalue weighted by Crippen LogP contribution is 2.35. The van der Waals surface area contributed by atoms with Crippen molar-refractivity contribution in [2.24, 2.45) is 0 Å². The minimum absolute atomic E-state index is 0.00606. The fourth-order valence-corrected chi connectivity index (χ4v) is 5.75. The molecule has 0 aliphatic carbocycles. The Bertz CT molecular complexity index is 1530. The highest BCUT2D eigenvalue weighted by atomic mass is 35.5. The van der Waals surface area contributed by atoms with E-state index in [1.165, 1.54) is 36.4 Å². The summed E-state index contributed by atoms with van der Waals surface area (Å²) in [6, 6.07) is 13.2. The molecular formula is C23H22Cl3N3O5S2. The van der Waals surface area contributed by atoms with Crippen LogP contribution in [0.2, 0.25) is 15.1 Å². The second-order valence-electron chi connectivity index (χ2n) is 7.96. The molecule has 36 heavy (non-hydrogen) atoms. The zero-order valence-electron chi connectivity index (χ0n) is 19.3. The van der Waals surface area contributed by atoms with Gasteiger partial charge in [-0.05, 0) is 73.5 Å². The lowest BCUT2D eigenvalue weighted by molar-refractivity contribution is -0.114. The highest BCUT2D eigenvalue weighted by Gasteiger charge is 2.24. The summed E-state index contributed by atoms with van der Waals surface area (Å²) in [6.45, 7) is 3.20. The van der Waals surface area contributed by atoms with Crippen molar-refractivity contribution in [2.45, 2.75) is 18.7 Å². The number of nitrogens with one attached hydrogen (secondary N) is 2. The number of anilines is 3. The molecule has 2 N–H and O–H groups in total. The zero-order valence-corrected chi connectivity index (χ0v) is 23.2. The molecule has 1 amide bonds. The number of hydrogen-bond acceptors (Lipinski definition) is 5. The largest absolute Gasteiger partial charge is 0.325 e. The number of rotatable bonds is 8. The zero-order chi connectivity index (χ0) is 26.8. The Hall–Kier alpha value is -2.50. The minimum atomic E-state index is -3.92. The molecule has 0 radical (unpaired) electrons. The van der Waals surface area contributed by atoms with Crippen molar-refractivity contribution in [1.82, 2.24) is 0 Å². The summed E-state index contributed by atoms with van der Waals surface area (Å²) in [5.74, 6) is -0.688. The SMILES string of the molecule is Cc1ccc(NS(=O)(=O)c2ccc(NC(=O)CN(c3cc(Cl)c(Cl)cc3Cl)S(C)(=O)=O)cc2)cc1C. The smallest absolute Gasteiger partial charge is 0.261 e. The maximum atomic E-state index is 12.7. The molecule has 192 valence electrons. The molecule has 3 rings (SSSR count). The number of nitrogens with zero attached hydrogens (tertiary/aromatic N) is 1. The van der Waals surface area contributed by atoms with Crippen molar-refractivity contribution >= 4 is 77.8 Å². The summed E-state index contributed by atoms with van der Waals surface area (Å²) in [6.07, 6.45) is 0.918. The van der Waals surface area contributed by atoms with E-state index < -0.39 is 32.5 Å². The maximum Gasteiger partial charge on any atom is 0.261 e. The van der Waals surface area contributed by atoms with E-state index in [-0.39, 0.29) is 31.3 Å². The van der Waals surface area contributed by atoms with Gasteiger partial charge in [0.2, 0.25) is 15.9 Å². The van der Waals surface area contributed by atoms with Crippen LogP contribution in [-0.4, -0.2) is 35.5 Å². The number of carbonyl (C=O) groups is 1. The molecule has 0 heterocycles. The average molecular weight is 591 g/mol. The first-order valence-corrected chi connectivity index (χ1v) is 14.8. The van der Waals surface area contributed by atoms with Crippen LogP contribution in [0.15, 0.2) is 59.5 Å². The van der Waals surface area contributed by atoms with Crippen LogP contribution in [0.1, 0.15) is 11.1 Å². The molecule has 0 aromatic heterocycles. The third-order valence-corrected chi connectivity index (χ3v) is 8.70. The quantitative estimate of drug-likeness (QED) is 0.338. The lowest BCUT2D eigenvalue weighted by Crippen LogP contribution is -2.37. The van der Waals surface area contributed by atoms with E-state index in [0.29, 0.717) is 5.69 Å². The van der Waals surface area contributed by atoms with E-state index in [2.05, 4.69) is 10.0 Å². The summed E-state index contributed by atoms with van der Waals surface area (Å²) in [4.78, 5) is 12.6. The molecule has 3 aromatic carbocycles. The number of benzene rings is 3. The number of carbonyl (C=O) groups excluding carboxylic acids is 1. The topological polar surface area (TPSA) is 113 Å². The molecule has 0 saturated heterocycles. The second-order valence-corrected chi connectivity index (χ2v) is 12.8. The Morgan fingerprint density at radius 2 is 1.39 bits per heavy atom. The van der Waals surface area contributed by atoms with E-state index in [1.807, 2.05) is 19.9 Å². The van der Waals surface area contributed by atoms with Gasteiger partial charge in [0.1, 0.15) is 6.54 Å². The average Bonchev–Trinajstić information content (AvgIpc) is 2.77. The molecule has 0 bridgehead atoms. The lowest BCUT2D eigenvalue weighted by Gasteiger charge is -2.23. The van der Waals surface area contributed by atoms with E-state index in [9.17, 15) is 21.6 Å². The number of amides is 1. The van der Waals surface area contributed by atoms with Crippen molar-refractivity contribution in [1.29, 1.82) is 0 Å². The normalized spacial score (nSPS) is 11.7. The maximum absolute atomic E-state index is 12.7. The molecule has 0 fully saturated rings. The lowest BCUT2D eigenvalue weighted by atomic mass is 10.1. The van der Waals surface area contributed by atoms with Crippen LogP contribution < -0.4 is 14.3 Å². The fraction of sp³-hybridized carbons (Fsp3) is 0.174. The first-order valence-electron chi connectivity index (χ1n) is 10.3. The molecule has 0 spiro atoms. The molecule has 0 unspecified atom stereocenters. The summed E-state index contributed by atoms with van der Waals surface area (Å²) in [5, 5.41) is 2.73. The summed E-state index contributed by atoms with van der Waals surface area (Å²) >= 11 is 18.0. The van der Waals surface area contributed by atoms with Crippen molar-refractivity contribution in [3.05, 3.63) is 80.8 Å². The van der Waals surface area contributed by atoms with Crippen LogP contribution in [0.4, 0.5) is 17.1 Å². The van der Waals surface area contributed by atoms with Crippen LogP contribution in [0.25, 0.3) is 0 Å². The first kappa shape index (κ1) is 28.1. The third-order valence-electron chi connectivity index (χ3n) is 5.15. The van der Waals surface area contributed by atoms with Crippen LogP contribution in [0, 0.1) is 13.8 Å². The first-order chi connectivity index (χ1) is 16.7. The van der Waals surface area contributed by atoms with Gasteiger partial charge in [0, 0.05) is 11.4 Å². The van der Waals surface area contributed by atoms with Crippen molar-refractivity contribution in [2.75, 3.05) is 27.1 Å². The Morgan fingerprint density at radius 3 is 1.97 bits per heavy atom. The van der Waals surface area contributed by atoms with Gasteiger partial charge in [-0.2, -0.15) is 0 Å². The van der Waals surface area contributed by atoms with Crippen LogP contribution in [-0.2, 0) is 24.8 Å². The third kappa shape index (κ3) is 6.83. The second kappa shape index (κ2) is 10.9. The standard InChI is InChI=1S/C23H22Cl3N3O5S2/c1-14-4-5-17(10-15(14)2)28-36(33,34)18-8-6-16(7-9-18)27-23(30)13-29(35(3,31)32)22-12-20(25)19(24)11-21(22)26/h4-12,28H,13H2,1-3H3,(H,27,30). The molecule has 13 heteroatoms. The molecule has 0 aliphatic rings. The Balaban J connectivity index is 1.75. The monoisotopic (exact) mass is 589 g/mol. The highest BCUT2D eigenvalue weighted by molar-refractivity contribution is 7.92. The molecule has 3 aromatic rings. The Labute approximate surface area is 225 Å². The van der Waals surface area contributed by atoms with Crippen LogP contribution in [0.5, 0.6) is 0 Å². The van der Waals surface area contributed by atoms with Crippen molar-refractivity contribution < 1.29 is 21.6 Å². The summed E-state index contributed by atoms with van der Waals surface area (Å²) in [5.41, 5.74) is 2.66. The van der Waals surface area contributed by atoms with Gasteiger partial charge in [0.05, 0.1) is 31.9 Å². The molecule has 8 nitrogen and oxygen atoms in total. The summed E-state index contributed by atoms with van der Waals surface area (Å²) < 4.78 is 53.5. The van der Waals surface area contributed by atoms with Crippen LogP contribution >= 0.6 is 34.8 Å². The number of sulfonamides is 2. The van der Waals surface area contributed by atoms with Crippen LogP contribution in [0.3, 0.4) is 0 Å². The van der Waals surface area contributed by atoms with Gasteiger partial charge in [0.15, 0.2) is 0 Å². The van der Waals surface area contributed by atoms with E-state index in [1.54, 1.807) is 12.1 Å². The number of halogens is 3. The van der Waals surface area contributed by atoms with Gasteiger partial charge >= 0.3 is 0 Å². The van der Waals surface area contributed by atoms with Crippen molar-refractivity contribution in [3.63, 3.8) is 0 Å². The predicted molar refractivity (Wildman–Crippen MR) is 145 cm³/mol. The minimum Gasteiger partial charge on any atom is -0.325 e. The molecular weight excluding hydrogens is 569 g/mol.